The Hall–Kier alpha value is -1.00. The van der Waals surface area contributed by atoms with Gasteiger partial charge in [0.15, 0.2) is 0 Å². The first-order valence-corrected chi connectivity index (χ1v) is 5.31. The lowest BCUT2D eigenvalue weighted by molar-refractivity contribution is -0.00320. The molecule has 16 heavy (non-hydrogen) atoms. The summed E-state index contributed by atoms with van der Waals surface area (Å²) < 4.78 is 27.2. The number of rotatable bonds is 6. The molecule has 0 bridgehead atoms. The van der Waals surface area contributed by atoms with Gasteiger partial charge in [-0.05, 0) is 14.1 Å². The zero-order valence-corrected chi connectivity index (χ0v) is 9.71. The largest absolute Gasteiger partial charge is 0.310 e. The van der Waals surface area contributed by atoms with Crippen molar-refractivity contribution in [1.82, 2.24) is 10.2 Å². The molecule has 0 aromatic heterocycles. The van der Waals surface area contributed by atoms with Crippen molar-refractivity contribution in [3.63, 3.8) is 0 Å². The lowest BCUT2D eigenvalue weighted by Gasteiger charge is -2.18. The molecule has 0 unspecified atom stereocenters. The first-order valence-electron chi connectivity index (χ1n) is 5.31. The number of nitrogens with one attached hydrogen (secondary N) is 1. The number of halogens is 2. The van der Waals surface area contributed by atoms with Gasteiger partial charge in [0.2, 0.25) is 0 Å². The third kappa shape index (κ3) is 4.24. The van der Waals surface area contributed by atoms with Gasteiger partial charge in [-0.3, -0.25) is 0 Å². The Morgan fingerprint density at radius 2 is 1.81 bits per heavy atom. The van der Waals surface area contributed by atoms with Crippen LogP contribution in [0, 0.1) is 0 Å². The number of likely N-dealkylation sites (N-methyl/N-ethyl adjacent to an activating group) is 1. The zero-order valence-electron chi connectivity index (χ0n) is 9.71. The molecule has 4 heteroatoms. The molecule has 0 aliphatic rings. The first-order chi connectivity index (χ1) is 7.52. The molecule has 1 aromatic carbocycles. The molecule has 1 rings (SSSR count). The van der Waals surface area contributed by atoms with E-state index in [1.165, 1.54) is 12.1 Å². The van der Waals surface area contributed by atoms with Crippen LogP contribution in [0.4, 0.5) is 8.78 Å². The van der Waals surface area contributed by atoms with Gasteiger partial charge in [-0.1, -0.05) is 30.3 Å². The van der Waals surface area contributed by atoms with E-state index in [-0.39, 0.29) is 12.1 Å². The molecule has 1 N–H and O–H groups in total. The van der Waals surface area contributed by atoms with E-state index in [9.17, 15) is 8.78 Å². The van der Waals surface area contributed by atoms with E-state index >= 15 is 0 Å². The molecule has 0 amide bonds. The van der Waals surface area contributed by atoms with Crippen LogP contribution in [0.2, 0.25) is 0 Å². The second-order valence-corrected chi connectivity index (χ2v) is 4.05. The van der Waals surface area contributed by atoms with Gasteiger partial charge in [0.25, 0.3) is 5.92 Å². The quantitative estimate of drug-likeness (QED) is 0.748. The summed E-state index contributed by atoms with van der Waals surface area (Å²) in [6, 6.07) is 7.90. The number of nitrogens with zero attached hydrogens (tertiary/aromatic N) is 1. The smallest absolute Gasteiger partial charge is 0.285 e. The lowest BCUT2D eigenvalue weighted by atomic mass is 10.1. The van der Waals surface area contributed by atoms with Crippen molar-refractivity contribution in [2.24, 2.45) is 0 Å². The van der Waals surface area contributed by atoms with E-state index in [2.05, 4.69) is 5.32 Å². The van der Waals surface area contributed by atoms with Crippen LogP contribution >= 0.6 is 0 Å². The summed E-state index contributed by atoms with van der Waals surface area (Å²) in [7, 11) is 3.83. The predicted molar refractivity (Wildman–Crippen MR) is 61.8 cm³/mol. The molecule has 0 heterocycles. The highest BCUT2D eigenvalue weighted by molar-refractivity contribution is 5.20. The second kappa shape index (κ2) is 5.92. The Morgan fingerprint density at radius 3 is 2.38 bits per heavy atom. The Labute approximate surface area is 95.3 Å². The molecule has 0 fully saturated rings. The average molecular weight is 228 g/mol. The van der Waals surface area contributed by atoms with Crippen LogP contribution in [-0.2, 0) is 5.92 Å². The molecule has 0 radical (unpaired) electrons. The highest BCUT2D eigenvalue weighted by atomic mass is 19.3. The maximum atomic E-state index is 13.6. The van der Waals surface area contributed by atoms with E-state index in [1.807, 2.05) is 19.0 Å². The van der Waals surface area contributed by atoms with Gasteiger partial charge in [0, 0.05) is 18.7 Å². The number of hydrogen-bond acceptors (Lipinski definition) is 2. The van der Waals surface area contributed by atoms with Gasteiger partial charge in [-0.15, -0.1) is 0 Å². The predicted octanol–water partition coefficient (Wildman–Crippen LogP) is 1.93. The minimum Gasteiger partial charge on any atom is -0.310 e. The van der Waals surface area contributed by atoms with Crippen molar-refractivity contribution in [3.05, 3.63) is 35.9 Å². The Kier molecular flexibility index (Phi) is 4.83. The number of benzene rings is 1. The number of alkyl halides is 2. The van der Waals surface area contributed by atoms with Gasteiger partial charge in [-0.2, -0.15) is 8.78 Å². The molecule has 1 aromatic rings. The summed E-state index contributed by atoms with van der Waals surface area (Å²) in [5.41, 5.74) is 0.0624. The Bertz CT molecular complexity index is 299. The van der Waals surface area contributed by atoms with Crippen LogP contribution in [0.15, 0.2) is 30.3 Å². The summed E-state index contributed by atoms with van der Waals surface area (Å²) in [5.74, 6) is -2.80. The molecule has 0 aliphatic carbocycles. The van der Waals surface area contributed by atoms with Gasteiger partial charge < -0.3 is 10.2 Å². The highest BCUT2D eigenvalue weighted by Crippen LogP contribution is 2.26. The summed E-state index contributed by atoms with van der Waals surface area (Å²) >= 11 is 0. The standard InChI is InChI=1S/C12H18F2N2/c1-16(2)9-8-15-10-12(13,14)11-6-4-3-5-7-11/h3-7,15H,8-10H2,1-2H3. The molecule has 0 spiro atoms. The van der Waals surface area contributed by atoms with Crippen molar-refractivity contribution in [3.8, 4) is 0 Å². The summed E-state index contributed by atoms with van der Waals surface area (Å²) in [6.45, 7) is 1.01. The van der Waals surface area contributed by atoms with Gasteiger partial charge in [0.05, 0.1) is 6.54 Å². The van der Waals surface area contributed by atoms with E-state index in [1.54, 1.807) is 18.2 Å². The fourth-order valence-corrected chi connectivity index (χ4v) is 1.33. The van der Waals surface area contributed by atoms with Crippen molar-refractivity contribution in [2.75, 3.05) is 33.7 Å². The zero-order chi connectivity index (χ0) is 12.0. The monoisotopic (exact) mass is 228 g/mol. The maximum absolute atomic E-state index is 13.6. The summed E-state index contributed by atoms with van der Waals surface area (Å²) in [6.07, 6.45) is 0. The molecular formula is C12H18F2N2. The van der Waals surface area contributed by atoms with Crippen LogP contribution in [0.5, 0.6) is 0 Å². The van der Waals surface area contributed by atoms with Crippen molar-refractivity contribution in [2.45, 2.75) is 5.92 Å². The lowest BCUT2D eigenvalue weighted by Crippen LogP contribution is -2.34. The number of hydrogen-bond donors (Lipinski definition) is 1. The van der Waals surface area contributed by atoms with Crippen LogP contribution in [0.1, 0.15) is 5.56 Å². The van der Waals surface area contributed by atoms with Crippen molar-refractivity contribution < 1.29 is 8.78 Å². The Balaban J connectivity index is 2.40. The van der Waals surface area contributed by atoms with Gasteiger partial charge in [0.1, 0.15) is 0 Å². The normalized spacial score (nSPS) is 12.1. The Morgan fingerprint density at radius 1 is 1.19 bits per heavy atom. The maximum Gasteiger partial charge on any atom is 0.285 e. The minimum atomic E-state index is -2.80. The highest BCUT2D eigenvalue weighted by Gasteiger charge is 2.30. The van der Waals surface area contributed by atoms with Crippen LogP contribution in [-0.4, -0.2) is 38.6 Å². The molecule has 2 nitrogen and oxygen atoms in total. The van der Waals surface area contributed by atoms with Gasteiger partial charge >= 0.3 is 0 Å². The van der Waals surface area contributed by atoms with Crippen LogP contribution in [0.25, 0.3) is 0 Å². The second-order valence-electron chi connectivity index (χ2n) is 4.05. The topological polar surface area (TPSA) is 15.3 Å². The van der Waals surface area contributed by atoms with Crippen LogP contribution < -0.4 is 5.32 Å². The third-order valence-corrected chi connectivity index (χ3v) is 2.28. The van der Waals surface area contributed by atoms with E-state index in [0.717, 1.165) is 6.54 Å². The third-order valence-electron chi connectivity index (χ3n) is 2.28. The summed E-state index contributed by atoms with van der Waals surface area (Å²) in [4.78, 5) is 1.95. The molecule has 0 atom stereocenters. The van der Waals surface area contributed by atoms with E-state index in [4.69, 9.17) is 0 Å². The first kappa shape index (κ1) is 13.1. The molecular weight excluding hydrogens is 210 g/mol. The van der Waals surface area contributed by atoms with Gasteiger partial charge in [-0.25, -0.2) is 0 Å². The van der Waals surface area contributed by atoms with Crippen molar-refractivity contribution >= 4 is 0 Å². The molecule has 90 valence electrons. The molecule has 0 saturated heterocycles. The van der Waals surface area contributed by atoms with Crippen molar-refractivity contribution in [1.29, 1.82) is 0 Å². The molecule has 0 saturated carbocycles. The minimum absolute atomic E-state index is 0.0624. The fourth-order valence-electron chi connectivity index (χ4n) is 1.33. The van der Waals surface area contributed by atoms with E-state index in [0.29, 0.717) is 6.54 Å². The fraction of sp³-hybridized carbons (Fsp3) is 0.500. The van der Waals surface area contributed by atoms with E-state index < -0.39 is 5.92 Å². The summed E-state index contributed by atoms with van der Waals surface area (Å²) in [5, 5.41) is 2.76. The SMILES string of the molecule is CN(C)CCNCC(F)(F)c1ccccc1. The average Bonchev–Trinajstić information content (AvgIpc) is 2.26. The van der Waals surface area contributed by atoms with Crippen LogP contribution in [0.3, 0.4) is 0 Å². The molecule has 0 aliphatic heterocycles.